The van der Waals surface area contributed by atoms with Gasteiger partial charge in [0.2, 0.25) is 11.7 Å². The van der Waals surface area contributed by atoms with E-state index in [-0.39, 0.29) is 17.5 Å². The molecule has 0 unspecified atom stereocenters. The molecular formula is C32H23BrN2O5. The average molecular weight is 595 g/mol. The van der Waals surface area contributed by atoms with Crippen molar-refractivity contribution in [2.24, 2.45) is 5.92 Å². The molecule has 4 atom stereocenters. The minimum Gasteiger partial charge on any atom is -0.496 e. The minimum absolute atomic E-state index is 0.104. The third-order valence-corrected chi connectivity index (χ3v) is 8.94. The predicted molar refractivity (Wildman–Crippen MR) is 152 cm³/mol. The van der Waals surface area contributed by atoms with E-state index in [0.29, 0.717) is 27.0 Å². The highest BCUT2D eigenvalue weighted by molar-refractivity contribution is 9.10. The molecule has 3 aromatic carbocycles. The fourth-order valence-electron chi connectivity index (χ4n) is 6.73. The highest BCUT2D eigenvalue weighted by Crippen LogP contribution is 2.62. The van der Waals surface area contributed by atoms with Gasteiger partial charge in [-0.1, -0.05) is 42.5 Å². The van der Waals surface area contributed by atoms with Gasteiger partial charge in [0.25, 0.3) is 0 Å². The summed E-state index contributed by atoms with van der Waals surface area (Å²) in [6.07, 6.45) is 5.21. The van der Waals surface area contributed by atoms with Crippen LogP contribution in [0.25, 0.3) is 6.08 Å². The second kappa shape index (κ2) is 9.06. The first-order chi connectivity index (χ1) is 19.5. The van der Waals surface area contributed by atoms with E-state index in [1.165, 1.54) is 6.26 Å². The van der Waals surface area contributed by atoms with Crippen molar-refractivity contribution in [3.8, 4) is 5.75 Å². The molecule has 0 bridgehead atoms. The van der Waals surface area contributed by atoms with Crippen LogP contribution in [0.1, 0.15) is 43.6 Å². The molecule has 0 radical (unpaired) electrons. The summed E-state index contributed by atoms with van der Waals surface area (Å²) in [6.45, 7) is 0. The third-order valence-electron chi connectivity index (χ3n) is 8.32. The molecule has 7 rings (SSSR count). The summed E-state index contributed by atoms with van der Waals surface area (Å²) in [5.74, 6) is -1.40. The van der Waals surface area contributed by atoms with Gasteiger partial charge in [-0.2, -0.15) is 0 Å². The molecule has 40 heavy (non-hydrogen) atoms. The van der Waals surface area contributed by atoms with Crippen molar-refractivity contribution in [2.45, 2.75) is 17.5 Å². The van der Waals surface area contributed by atoms with Gasteiger partial charge in [-0.25, -0.2) is 0 Å². The van der Waals surface area contributed by atoms with Gasteiger partial charge < -0.3 is 19.4 Å². The fraction of sp³-hybridized carbons (Fsp3) is 0.156. The first kappa shape index (κ1) is 24.6. The summed E-state index contributed by atoms with van der Waals surface area (Å²) >= 11 is 3.49. The van der Waals surface area contributed by atoms with E-state index >= 15 is 0 Å². The van der Waals surface area contributed by atoms with Crippen molar-refractivity contribution in [3.05, 3.63) is 124 Å². The highest BCUT2D eigenvalue weighted by Gasteiger charge is 2.71. The third kappa shape index (κ3) is 3.26. The Hall–Kier alpha value is -4.43. The van der Waals surface area contributed by atoms with Gasteiger partial charge >= 0.3 is 0 Å². The van der Waals surface area contributed by atoms with Crippen LogP contribution in [-0.2, 0) is 10.2 Å². The maximum absolute atomic E-state index is 14.6. The maximum atomic E-state index is 14.6. The molecule has 1 amide bonds. The van der Waals surface area contributed by atoms with Crippen LogP contribution in [0, 0.1) is 5.92 Å². The highest BCUT2D eigenvalue weighted by atomic mass is 79.9. The van der Waals surface area contributed by atoms with Crippen molar-refractivity contribution < 1.29 is 23.5 Å². The Bertz CT molecular complexity index is 1730. The number of benzene rings is 3. The second-order valence-electron chi connectivity index (χ2n) is 10.1. The lowest BCUT2D eigenvalue weighted by Gasteiger charge is -2.38. The van der Waals surface area contributed by atoms with Crippen LogP contribution in [-0.4, -0.2) is 35.5 Å². The van der Waals surface area contributed by atoms with Crippen LogP contribution in [0.3, 0.4) is 0 Å². The minimum atomic E-state index is -1.40. The lowest BCUT2D eigenvalue weighted by Crippen LogP contribution is -2.49. The number of amides is 1. The van der Waals surface area contributed by atoms with Gasteiger partial charge in [0.15, 0.2) is 11.5 Å². The largest absolute Gasteiger partial charge is 0.496 e. The Balaban J connectivity index is 1.52. The summed E-state index contributed by atoms with van der Waals surface area (Å²) in [6, 6.07) is 21.9. The zero-order valence-corrected chi connectivity index (χ0v) is 22.9. The van der Waals surface area contributed by atoms with E-state index in [4.69, 9.17) is 9.15 Å². The predicted octanol–water partition coefficient (Wildman–Crippen LogP) is 6.03. The van der Waals surface area contributed by atoms with E-state index in [1.54, 1.807) is 37.4 Å². The number of fused-ring (bicyclic) bond motifs is 6. The first-order valence-corrected chi connectivity index (χ1v) is 13.7. The number of nitrogens with zero attached hydrogens (tertiary/aromatic N) is 1. The number of carbonyl (C=O) groups is 3. The molecule has 8 heteroatoms. The maximum Gasteiger partial charge on any atom is 0.238 e. The second-order valence-corrected chi connectivity index (χ2v) is 11.0. The number of nitrogens with one attached hydrogen (secondary N) is 1. The van der Waals surface area contributed by atoms with Gasteiger partial charge in [0.05, 0.1) is 29.8 Å². The molecule has 198 valence electrons. The normalized spacial score (nSPS) is 23.9. The smallest absolute Gasteiger partial charge is 0.238 e. The fourth-order valence-corrected chi connectivity index (χ4v) is 7.27. The van der Waals surface area contributed by atoms with E-state index < -0.39 is 29.2 Å². The summed E-state index contributed by atoms with van der Waals surface area (Å²) in [7, 11) is 1.55. The number of halogens is 1. The van der Waals surface area contributed by atoms with E-state index in [9.17, 15) is 14.4 Å². The molecular weight excluding hydrogens is 572 g/mol. The van der Waals surface area contributed by atoms with Gasteiger partial charge in [-0.05, 0) is 75.1 Å². The van der Waals surface area contributed by atoms with Crippen LogP contribution in [0.2, 0.25) is 0 Å². The van der Waals surface area contributed by atoms with Crippen LogP contribution in [0.5, 0.6) is 5.75 Å². The number of ether oxygens (including phenoxy) is 1. The Morgan fingerprint density at radius 3 is 2.58 bits per heavy atom. The Kier molecular flexibility index (Phi) is 5.57. The van der Waals surface area contributed by atoms with Gasteiger partial charge in [-0.15, -0.1) is 0 Å². The summed E-state index contributed by atoms with van der Waals surface area (Å²) in [5, 5.41) is 3.04. The number of furan rings is 1. The number of methoxy groups -OCH3 is 1. The molecule has 3 aliphatic heterocycles. The number of ketones is 2. The van der Waals surface area contributed by atoms with Crippen molar-refractivity contribution in [3.63, 3.8) is 0 Å². The summed E-state index contributed by atoms with van der Waals surface area (Å²) in [4.78, 5) is 45.3. The molecule has 1 N–H and O–H groups in total. The molecule has 1 fully saturated rings. The van der Waals surface area contributed by atoms with E-state index in [0.717, 1.165) is 11.1 Å². The topological polar surface area (TPSA) is 88.9 Å². The van der Waals surface area contributed by atoms with E-state index in [2.05, 4.69) is 21.2 Å². The molecule has 1 saturated heterocycles. The summed E-state index contributed by atoms with van der Waals surface area (Å²) in [5.41, 5.74) is 2.13. The number of rotatable bonds is 5. The summed E-state index contributed by atoms with van der Waals surface area (Å²) < 4.78 is 11.6. The standard InChI is InChI=1S/C32H23BrN2O5/c1-39-24-13-12-19(17-22(24)33)28(36)27-26(29(37)25-11-6-16-40-25)32(21-9-4-5-10-23(21)34-31(32)38)30-20-8-3-2-7-18(20)14-15-35(27)30/h2-17,26-27,30H,1H3,(H,34,38)/t26-,27+,30+,32-/m0/s1. The van der Waals surface area contributed by atoms with Gasteiger partial charge in [0, 0.05) is 17.5 Å². The van der Waals surface area contributed by atoms with Crippen molar-refractivity contribution in [2.75, 3.05) is 12.4 Å². The van der Waals surface area contributed by atoms with Crippen LogP contribution in [0.4, 0.5) is 5.69 Å². The van der Waals surface area contributed by atoms with Gasteiger partial charge in [0.1, 0.15) is 17.2 Å². The molecule has 0 saturated carbocycles. The molecule has 4 heterocycles. The zero-order valence-electron chi connectivity index (χ0n) is 21.3. The van der Waals surface area contributed by atoms with Crippen LogP contribution >= 0.6 is 15.9 Å². The lowest BCUT2D eigenvalue weighted by atomic mass is 9.63. The van der Waals surface area contributed by atoms with Crippen LogP contribution in [0.15, 0.2) is 100 Å². The quantitative estimate of drug-likeness (QED) is 0.284. The number of Topliss-reactive ketones (excluding diaryl/α,β-unsaturated/α-hetero) is 2. The molecule has 4 aromatic rings. The number of anilines is 1. The first-order valence-electron chi connectivity index (χ1n) is 12.9. The number of para-hydroxylation sites is 1. The number of hydrogen-bond acceptors (Lipinski definition) is 6. The van der Waals surface area contributed by atoms with Gasteiger partial charge in [-0.3, -0.25) is 14.4 Å². The SMILES string of the molecule is COc1ccc(C(=O)[C@H]2[C@@H](C(=O)c3ccco3)[C@]3(C(=O)Nc4ccccc43)[C@H]3c4ccccc4C=CN23)cc1Br. The average Bonchev–Trinajstić information content (AvgIpc) is 3.69. The Morgan fingerprint density at radius 1 is 1.00 bits per heavy atom. The lowest BCUT2D eigenvalue weighted by molar-refractivity contribution is -0.122. The Labute approximate surface area is 238 Å². The zero-order chi connectivity index (χ0) is 27.6. The molecule has 1 aromatic heterocycles. The Morgan fingerprint density at radius 2 is 1.80 bits per heavy atom. The molecule has 0 aliphatic carbocycles. The number of hydrogen-bond donors (Lipinski definition) is 1. The molecule has 1 spiro atoms. The number of carbonyl (C=O) groups excluding carboxylic acids is 3. The molecule has 7 nitrogen and oxygen atoms in total. The van der Waals surface area contributed by atoms with E-state index in [1.807, 2.05) is 65.7 Å². The van der Waals surface area contributed by atoms with Crippen LogP contribution < -0.4 is 10.1 Å². The monoisotopic (exact) mass is 594 g/mol. The van der Waals surface area contributed by atoms with Crippen molar-refractivity contribution >= 4 is 45.2 Å². The van der Waals surface area contributed by atoms with Crippen molar-refractivity contribution in [1.29, 1.82) is 0 Å². The molecule has 3 aliphatic rings. The van der Waals surface area contributed by atoms with Crippen molar-refractivity contribution in [1.82, 2.24) is 4.90 Å².